The number of nitrogens with two attached hydrogens (primary N) is 1. The van der Waals surface area contributed by atoms with Crippen LogP contribution >= 0.6 is 11.6 Å². The Kier molecular flexibility index (Phi) is 10.7. The molecule has 0 saturated carbocycles. The Morgan fingerprint density at radius 3 is 2.80 bits per heavy atom. The molecule has 0 spiro atoms. The number of likely N-dealkylation sites (tertiary alicyclic amines) is 1. The molecule has 1 atom stereocenters. The second kappa shape index (κ2) is 11.1. The molecule has 2 rings (SSSR count). The van der Waals surface area contributed by atoms with E-state index in [1.807, 2.05) is 18.1 Å². The first kappa shape index (κ1) is 24.2. The number of benzene rings is 1. The smallest absolute Gasteiger partial charge is 0.429 e. The molecular weight excluding hydrogens is 565 g/mol. The minimum absolute atomic E-state index is 0. The van der Waals surface area contributed by atoms with Gasteiger partial charge in [-0.15, -0.1) is 5.70 Å². The molecule has 0 aliphatic carbocycles. The molecule has 3 nitrogen and oxygen atoms in total. The van der Waals surface area contributed by atoms with Crippen molar-refractivity contribution in [3.05, 3.63) is 60.0 Å². The molecule has 0 aromatic heterocycles. The first-order valence-electron chi connectivity index (χ1n) is 7.76. The van der Waals surface area contributed by atoms with Gasteiger partial charge in [0, 0.05) is 12.5 Å². The van der Waals surface area contributed by atoms with Gasteiger partial charge in [-0.2, -0.15) is 5.57 Å². The number of carbonyl (C=O) groups excluding carboxylic acids is 1. The zero-order valence-electron chi connectivity index (χ0n) is 14.7. The van der Waals surface area contributed by atoms with Crippen LogP contribution in [0.15, 0.2) is 36.2 Å². The summed E-state index contributed by atoms with van der Waals surface area (Å²) in [4.78, 5) is 13.1. The third-order valence-corrected chi connectivity index (χ3v) is 4.61. The van der Waals surface area contributed by atoms with Crippen LogP contribution in [0.4, 0.5) is 10.1 Å². The van der Waals surface area contributed by atoms with Gasteiger partial charge in [0.1, 0.15) is 0 Å². The second-order valence-corrected chi connectivity index (χ2v) is 6.12. The van der Waals surface area contributed by atoms with Gasteiger partial charge in [-0.3, -0.25) is 0 Å². The third kappa shape index (κ3) is 5.36. The zero-order valence-corrected chi connectivity index (χ0v) is 19.7. The van der Waals surface area contributed by atoms with E-state index in [0.717, 1.165) is 18.5 Å². The van der Waals surface area contributed by atoms with Gasteiger partial charge in [0.2, 0.25) is 0 Å². The number of rotatable bonds is 5. The van der Waals surface area contributed by atoms with Gasteiger partial charge in [0.05, 0.1) is 10.7 Å². The van der Waals surface area contributed by atoms with Crippen LogP contribution in [0.25, 0.3) is 0 Å². The van der Waals surface area contributed by atoms with Crippen molar-refractivity contribution < 1.29 is 40.3 Å². The molecule has 0 amide bonds. The molecule has 1 saturated heterocycles. The van der Waals surface area contributed by atoms with Crippen LogP contribution in [0.2, 0.25) is 5.02 Å². The Balaban J connectivity index is 0.00000288. The maximum Gasteiger partial charge on any atom is 2.00 e. The molecular formula is C19H24ClFN2OU. The maximum absolute atomic E-state index is 14.4. The number of allylic oxidation sites excluding steroid dienone is 2. The number of nitrogen functional groups attached to an aromatic ring is 1. The number of nitrogens with zero attached hydrogens (tertiary/aromatic N) is 1. The van der Waals surface area contributed by atoms with Crippen molar-refractivity contribution in [2.75, 3.05) is 12.3 Å². The quantitative estimate of drug-likeness (QED) is 0.299. The normalized spacial score (nSPS) is 18.7. The fourth-order valence-electron chi connectivity index (χ4n) is 3.06. The van der Waals surface area contributed by atoms with Crippen molar-refractivity contribution in [3.63, 3.8) is 0 Å². The van der Waals surface area contributed by atoms with Gasteiger partial charge in [0.25, 0.3) is 0 Å². The van der Waals surface area contributed by atoms with Crippen LogP contribution in [0.1, 0.15) is 44.1 Å². The molecule has 0 bridgehead atoms. The molecule has 2 N–H and O–H groups in total. The predicted molar refractivity (Wildman–Crippen MR) is 98.7 cm³/mol. The van der Waals surface area contributed by atoms with Gasteiger partial charge in [0.15, 0.2) is 5.82 Å². The van der Waals surface area contributed by atoms with E-state index in [2.05, 4.69) is 6.58 Å². The van der Waals surface area contributed by atoms with E-state index >= 15 is 0 Å². The van der Waals surface area contributed by atoms with E-state index in [1.54, 1.807) is 18.3 Å². The summed E-state index contributed by atoms with van der Waals surface area (Å²) in [6.45, 7) is 6.40. The van der Waals surface area contributed by atoms with Crippen molar-refractivity contribution in [1.82, 2.24) is 4.90 Å². The van der Waals surface area contributed by atoms with E-state index in [9.17, 15) is 9.18 Å². The molecule has 1 unspecified atom stereocenters. The molecule has 1 aromatic rings. The Bertz CT molecular complexity index is 649. The molecule has 1 aliphatic rings. The maximum atomic E-state index is 14.4. The van der Waals surface area contributed by atoms with Crippen LogP contribution in [0, 0.1) is 44.4 Å². The van der Waals surface area contributed by atoms with E-state index in [1.165, 1.54) is 0 Å². The standard InChI is InChI=1S/C18H21ClFN2O.CH3.U/c1-3-5-13(11-23)16-9-6-12(10-22(16)4-2)14-7-8-15(19)18(21)17(14)20;;/h4,7-8,12H,2-3,5-6,9-10,21H2,1H3;1H3;/q2*-1;+2/b16-13+;;. The number of hydrogen-bond acceptors (Lipinski definition) is 3. The van der Waals surface area contributed by atoms with Crippen molar-refractivity contribution in [1.29, 1.82) is 0 Å². The van der Waals surface area contributed by atoms with Crippen LogP contribution in [-0.4, -0.2) is 17.7 Å². The summed E-state index contributed by atoms with van der Waals surface area (Å²) in [5.41, 5.74) is 7.86. The summed E-state index contributed by atoms with van der Waals surface area (Å²) in [6.07, 6.45) is 6.73. The van der Waals surface area contributed by atoms with Gasteiger partial charge in [-0.25, -0.2) is 4.39 Å². The van der Waals surface area contributed by atoms with E-state index in [4.69, 9.17) is 17.3 Å². The summed E-state index contributed by atoms with van der Waals surface area (Å²) in [5.74, 6) is -0.472. The zero-order chi connectivity index (χ0) is 17.0. The average molecular weight is 589 g/mol. The fraction of sp³-hybridized carbons (Fsp3) is 0.368. The van der Waals surface area contributed by atoms with Gasteiger partial charge in [-0.05, 0) is 24.1 Å². The van der Waals surface area contributed by atoms with Gasteiger partial charge in [-0.1, -0.05) is 56.9 Å². The molecule has 1 heterocycles. The predicted octanol–water partition coefficient (Wildman–Crippen LogP) is 5.00. The Morgan fingerprint density at radius 2 is 2.24 bits per heavy atom. The second-order valence-electron chi connectivity index (χ2n) is 5.71. The fourth-order valence-corrected chi connectivity index (χ4v) is 3.21. The average Bonchev–Trinajstić information content (AvgIpc) is 2.57. The summed E-state index contributed by atoms with van der Waals surface area (Å²) in [5, 5.41) is 0.226. The van der Waals surface area contributed by atoms with Crippen LogP contribution in [-0.2, 0) is 4.79 Å². The van der Waals surface area contributed by atoms with Crippen LogP contribution in [0.5, 0.6) is 0 Å². The molecule has 1 aromatic carbocycles. The Labute approximate surface area is 178 Å². The SMILES string of the molecule is C=CN1CC(c2ccc(Cl)c(N)c2F)CC/C1=C(\[C-]=O)CCC.[CH3-].[U+2]. The van der Waals surface area contributed by atoms with Gasteiger partial charge < -0.3 is 22.9 Å². The van der Waals surface area contributed by atoms with Crippen LogP contribution < -0.4 is 5.73 Å². The van der Waals surface area contributed by atoms with E-state index in [0.29, 0.717) is 30.5 Å². The largest absolute Gasteiger partial charge is 2.00 e. The molecule has 1 fully saturated rings. The minimum Gasteiger partial charge on any atom is -0.429 e. The molecule has 134 valence electrons. The Morgan fingerprint density at radius 1 is 1.56 bits per heavy atom. The third-order valence-electron chi connectivity index (χ3n) is 4.28. The Hall–Kier alpha value is -0.758. The molecule has 25 heavy (non-hydrogen) atoms. The minimum atomic E-state index is -0.449. The van der Waals surface area contributed by atoms with Gasteiger partial charge >= 0.3 is 31.1 Å². The van der Waals surface area contributed by atoms with E-state index < -0.39 is 5.82 Å². The van der Waals surface area contributed by atoms with Crippen molar-refractivity contribution in [2.45, 2.75) is 38.5 Å². The summed E-state index contributed by atoms with van der Waals surface area (Å²) in [7, 11) is 0. The number of hydrogen-bond donors (Lipinski definition) is 1. The van der Waals surface area contributed by atoms with Crippen molar-refractivity contribution in [3.8, 4) is 0 Å². The molecule has 1 aliphatic heterocycles. The first-order chi connectivity index (χ1) is 11.0. The summed E-state index contributed by atoms with van der Waals surface area (Å²) < 4.78 is 14.4. The first-order valence-corrected chi connectivity index (χ1v) is 8.14. The summed E-state index contributed by atoms with van der Waals surface area (Å²) in [6, 6.07) is 3.31. The van der Waals surface area contributed by atoms with Crippen LogP contribution in [0.3, 0.4) is 0 Å². The number of piperidine rings is 1. The van der Waals surface area contributed by atoms with Crippen molar-refractivity contribution in [2.24, 2.45) is 0 Å². The molecule has 6 heteroatoms. The number of halogens is 2. The number of anilines is 1. The molecule has 0 radical (unpaired) electrons. The topological polar surface area (TPSA) is 46.3 Å². The summed E-state index contributed by atoms with van der Waals surface area (Å²) >= 11 is 5.86. The van der Waals surface area contributed by atoms with Crippen molar-refractivity contribution >= 4 is 23.6 Å². The van der Waals surface area contributed by atoms with E-state index in [-0.39, 0.29) is 55.2 Å². The monoisotopic (exact) mass is 588 g/mol.